The number of nitro groups is 1. The average molecular weight is 338 g/mol. The Labute approximate surface area is 128 Å². The maximum Gasteiger partial charge on any atom is 0.270 e. The summed E-state index contributed by atoms with van der Waals surface area (Å²) >= 11 is 0.981. The predicted octanol–water partition coefficient (Wildman–Crippen LogP) is 2.19. The molecule has 0 saturated heterocycles. The number of aromatic amines is 1. The van der Waals surface area contributed by atoms with Gasteiger partial charge in [-0.3, -0.25) is 15.2 Å². The summed E-state index contributed by atoms with van der Waals surface area (Å²) in [6.07, 6.45) is 1.08. The van der Waals surface area contributed by atoms with Gasteiger partial charge in [-0.2, -0.15) is 5.10 Å². The quantitative estimate of drug-likeness (QED) is 0.555. The number of anilines is 1. The highest BCUT2D eigenvalue weighted by molar-refractivity contribution is 7.93. The van der Waals surface area contributed by atoms with Crippen LogP contribution in [0.4, 0.5) is 11.5 Å². The fourth-order valence-electron chi connectivity index (χ4n) is 2.19. The Morgan fingerprint density at radius 3 is 2.77 bits per heavy atom. The number of H-pyrrole nitrogens is 1. The molecule has 0 amide bonds. The maximum absolute atomic E-state index is 12.0. The molecule has 0 radical (unpaired) electrons. The Bertz CT molecular complexity index is 1000. The number of nitrogens with one attached hydrogen (secondary N) is 1. The second kappa shape index (κ2) is 4.78. The molecule has 1 aromatic carbocycles. The first-order valence-electron chi connectivity index (χ1n) is 6.00. The number of aromatic nitrogens is 2. The van der Waals surface area contributed by atoms with Crippen LogP contribution in [-0.4, -0.2) is 29.8 Å². The molecule has 22 heavy (non-hydrogen) atoms. The summed E-state index contributed by atoms with van der Waals surface area (Å²) in [5, 5.41) is 18.0. The van der Waals surface area contributed by atoms with E-state index in [2.05, 4.69) is 10.2 Å². The number of nitrogens with two attached hydrogens (primary N) is 1. The molecule has 10 heteroatoms. The zero-order valence-corrected chi connectivity index (χ0v) is 12.9. The van der Waals surface area contributed by atoms with Crippen LogP contribution in [0.1, 0.15) is 0 Å². The van der Waals surface area contributed by atoms with Crippen molar-refractivity contribution in [3.8, 4) is 11.1 Å². The number of nitro benzene ring substituents is 1. The van der Waals surface area contributed by atoms with Crippen LogP contribution >= 0.6 is 11.3 Å². The first-order valence-corrected chi connectivity index (χ1v) is 8.71. The standard InChI is InChI=1S/C12H10N4O4S2/c1-22(19,20)12-8(9-10(13)14-15-11(9)21-12)6-3-2-4-7(5-6)16(17)18/h2-5H,1H3,(H3,13,14,15). The fraction of sp³-hybridized carbons (Fsp3) is 0.0833. The molecule has 0 spiro atoms. The van der Waals surface area contributed by atoms with Crippen molar-refractivity contribution in [3.05, 3.63) is 34.4 Å². The Hall–Kier alpha value is -2.46. The zero-order valence-electron chi connectivity index (χ0n) is 11.2. The molecule has 3 rings (SSSR count). The van der Waals surface area contributed by atoms with Crippen LogP contribution < -0.4 is 5.73 Å². The molecular formula is C12H10N4O4S2. The number of benzene rings is 1. The summed E-state index contributed by atoms with van der Waals surface area (Å²) in [6.45, 7) is 0. The van der Waals surface area contributed by atoms with Crippen LogP contribution in [-0.2, 0) is 9.84 Å². The number of hydrogen-bond donors (Lipinski definition) is 2. The van der Waals surface area contributed by atoms with Crippen molar-refractivity contribution in [1.82, 2.24) is 10.2 Å². The van der Waals surface area contributed by atoms with Crippen molar-refractivity contribution in [2.75, 3.05) is 12.0 Å². The van der Waals surface area contributed by atoms with E-state index in [1.807, 2.05) is 0 Å². The molecule has 3 aromatic rings. The van der Waals surface area contributed by atoms with Gasteiger partial charge in [0.05, 0.1) is 10.3 Å². The van der Waals surface area contributed by atoms with Gasteiger partial charge in [0.25, 0.3) is 5.69 Å². The molecule has 0 unspecified atom stereocenters. The van der Waals surface area contributed by atoms with Crippen molar-refractivity contribution < 1.29 is 13.3 Å². The highest BCUT2D eigenvalue weighted by Crippen LogP contribution is 2.43. The Kier molecular flexibility index (Phi) is 3.15. The highest BCUT2D eigenvalue weighted by Gasteiger charge is 2.25. The van der Waals surface area contributed by atoms with Crippen LogP contribution in [0.3, 0.4) is 0 Å². The summed E-state index contributed by atoms with van der Waals surface area (Å²) in [6, 6.07) is 5.77. The van der Waals surface area contributed by atoms with E-state index >= 15 is 0 Å². The first-order chi connectivity index (χ1) is 10.3. The topological polar surface area (TPSA) is 132 Å². The van der Waals surface area contributed by atoms with Gasteiger partial charge < -0.3 is 5.73 Å². The van der Waals surface area contributed by atoms with Gasteiger partial charge in [-0.25, -0.2) is 8.42 Å². The lowest BCUT2D eigenvalue weighted by Gasteiger charge is -2.04. The van der Waals surface area contributed by atoms with E-state index < -0.39 is 14.8 Å². The molecule has 2 heterocycles. The van der Waals surface area contributed by atoms with Gasteiger partial charge in [-0.1, -0.05) is 12.1 Å². The van der Waals surface area contributed by atoms with Gasteiger partial charge in [-0.15, -0.1) is 11.3 Å². The summed E-state index contributed by atoms with van der Waals surface area (Å²) in [5.41, 5.74) is 6.46. The highest BCUT2D eigenvalue weighted by atomic mass is 32.2. The molecule has 2 aromatic heterocycles. The minimum absolute atomic E-state index is 0.0891. The number of sulfone groups is 1. The number of fused-ring (bicyclic) bond motifs is 1. The van der Waals surface area contributed by atoms with Crippen LogP contribution in [0.2, 0.25) is 0 Å². The number of nitrogens with zero attached hydrogens (tertiary/aromatic N) is 2. The Balaban J connectivity index is 2.40. The van der Waals surface area contributed by atoms with E-state index in [1.54, 1.807) is 6.07 Å². The van der Waals surface area contributed by atoms with E-state index in [0.29, 0.717) is 21.3 Å². The van der Waals surface area contributed by atoms with E-state index in [-0.39, 0.29) is 15.7 Å². The molecule has 0 aliphatic heterocycles. The molecular weight excluding hydrogens is 328 g/mol. The van der Waals surface area contributed by atoms with Gasteiger partial charge in [0.1, 0.15) is 14.9 Å². The number of hydrogen-bond acceptors (Lipinski definition) is 7. The SMILES string of the molecule is CS(=O)(=O)c1sc2n[nH]c(N)c2c1-c1cccc([N+](=O)[O-])c1. The molecule has 0 atom stereocenters. The van der Waals surface area contributed by atoms with Crippen molar-refractivity contribution in [3.63, 3.8) is 0 Å². The van der Waals surface area contributed by atoms with Crippen molar-refractivity contribution in [2.24, 2.45) is 0 Å². The van der Waals surface area contributed by atoms with Crippen LogP contribution in [0.25, 0.3) is 21.3 Å². The number of non-ortho nitro benzene ring substituents is 1. The van der Waals surface area contributed by atoms with Gasteiger partial charge in [0.15, 0.2) is 9.84 Å². The minimum Gasteiger partial charge on any atom is -0.384 e. The van der Waals surface area contributed by atoms with Crippen LogP contribution in [0, 0.1) is 10.1 Å². The van der Waals surface area contributed by atoms with Gasteiger partial charge in [0.2, 0.25) is 0 Å². The van der Waals surface area contributed by atoms with Gasteiger partial charge >= 0.3 is 0 Å². The lowest BCUT2D eigenvalue weighted by molar-refractivity contribution is -0.384. The maximum atomic E-state index is 12.0. The van der Waals surface area contributed by atoms with E-state index in [9.17, 15) is 18.5 Å². The number of thiophene rings is 1. The lowest BCUT2D eigenvalue weighted by Crippen LogP contribution is -1.97. The fourth-order valence-corrected chi connectivity index (χ4v) is 4.53. The molecule has 0 aliphatic rings. The lowest BCUT2D eigenvalue weighted by atomic mass is 10.1. The van der Waals surface area contributed by atoms with Crippen molar-refractivity contribution in [1.29, 1.82) is 0 Å². The molecule has 3 N–H and O–H groups in total. The Morgan fingerprint density at radius 2 is 2.14 bits per heavy atom. The summed E-state index contributed by atoms with van der Waals surface area (Å²) < 4.78 is 24.1. The van der Waals surface area contributed by atoms with Crippen LogP contribution in [0.15, 0.2) is 28.5 Å². The normalized spacial score (nSPS) is 11.9. The number of rotatable bonds is 3. The zero-order chi connectivity index (χ0) is 16.1. The molecule has 0 fully saturated rings. The van der Waals surface area contributed by atoms with Gasteiger partial charge in [-0.05, 0) is 5.56 Å². The molecule has 0 saturated carbocycles. The Morgan fingerprint density at radius 1 is 1.41 bits per heavy atom. The molecule has 114 valence electrons. The third-order valence-electron chi connectivity index (χ3n) is 3.09. The molecule has 8 nitrogen and oxygen atoms in total. The molecule has 0 bridgehead atoms. The minimum atomic E-state index is -3.52. The van der Waals surface area contributed by atoms with E-state index in [4.69, 9.17) is 5.73 Å². The second-order valence-electron chi connectivity index (χ2n) is 4.66. The van der Waals surface area contributed by atoms with Crippen molar-refractivity contribution in [2.45, 2.75) is 4.21 Å². The predicted molar refractivity (Wildman–Crippen MR) is 83.6 cm³/mol. The smallest absolute Gasteiger partial charge is 0.270 e. The van der Waals surface area contributed by atoms with Gasteiger partial charge in [0, 0.05) is 24.0 Å². The summed E-state index contributed by atoms with van der Waals surface area (Å²) in [7, 11) is -3.52. The number of nitrogen functional groups attached to an aromatic ring is 1. The van der Waals surface area contributed by atoms with Crippen molar-refractivity contribution >= 4 is 42.9 Å². The largest absolute Gasteiger partial charge is 0.384 e. The third kappa shape index (κ3) is 2.22. The first kappa shape index (κ1) is 14.5. The summed E-state index contributed by atoms with van der Waals surface area (Å²) in [5.74, 6) is 0.225. The van der Waals surface area contributed by atoms with E-state index in [1.165, 1.54) is 18.2 Å². The average Bonchev–Trinajstić information content (AvgIpc) is 2.99. The molecule has 0 aliphatic carbocycles. The van der Waals surface area contributed by atoms with Crippen LogP contribution in [0.5, 0.6) is 0 Å². The third-order valence-corrected chi connectivity index (χ3v) is 6.00. The van der Waals surface area contributed by atoms with E-state index in [0.717, 1.165) is 17.6 Å². The monoisotopic (exact) mass is 338 g/mol. The second-order valence-corrected chi connectivity index (χ2v) is 7.87. The summed E-state index contributed by atoms with van der Waals surface area (Å²) in [4.78, 5) is 10.8.